The minimum absolute atomic E-state index is 0.155. The number of fused-ring (bicyclic) bond motifs is 3. The van der Waals surface area contributed by atoms with E-state index in [1.54, 1.807) is 0 Å². The summed E-state index contributed by atoms with van der Waals surface area (Å²) in [6.07, 6.45) is 0.155. The van der Waals surface area contributed by atoms with Crippen LogP contribution in [0.2, 0.25) is 0 Å². The van der Waals surface area contributed by atoms with E-state index in [1.165, 1.54) is 0 Å². The second kappa shape index (κ2) is 3.62. The highest BCUT2D eigenvalue weighted by molar-refractivity contribution is 6.17. The lowest BCUT2D eigenvalue weighted by atomic mass is 10.0. The molecule has 1 amide bonds. The molecule has 0 aliphatic carbocycles. The van der Waals surface area contributed by atoms with E-state index in [4.69, 9.17) is 5.73 Å². The van der Waals surface area contributed by atoms with E-state index < -0.39 is 0 Å². The Morgan fingerprint density at radius 2 is 2.24 bits per heavy atom. The van der Waals surface area contributed by atoms with Gasteiger partial charge in [0.1, 0.15) is 0 Å². The molecule has 0 spiro atoms. The van der Waals surface area contributed by atoms with Crippen molar-refractivity contribution < 1.29 is 4.79 Å². The molecular formula is C12H12N4O. The number of hydrogen-bond acceptors (Lipinski definition) is 3. The van der Waals surface area contributed by atoms with Gasteiger partial charge in [-0.2, -0.15) is 5.10 Å². The minimum atomic E-state index is -0.372. The standard InChI is InChI=1S/C12H12N4O/c13-11(17)5-9-12-7-3-1-2-4-8(7)15-10(12)6-14-16-9/h1-4,14-15H,5-6H2,(H2,13,17). The van der Waals surface area contributed by atoms with E-state index in [0.717, 1.165) is 22.2 Å². The molecule has 0 bridgehead atoms. The Morgan fingerprint density at radius 3 is 3.06 bits per heavy atom. The van der Waals surface area contributed by atoms with Crippen LogP contribution in [0, 0.1) is 0 Å². The molecule has 0 fully saturated rings. The van der Waals surface area contributed by atoms with Gasteiger partial charge in [-0.25, -0.2) is 0 Å². The first-order valence-corrected chi connectivity index (χ1v) is 5.43. The zero-order valence-corrected chi connectivity index (χ0v) is 9.16. The average molecular weight is 228 g/mol. The van der Waals surface area contributed by atoms with E-state index in [1.807, 2.05) is 24.3 Å². The van der Waals surface area contributed by atoms with Crippen molar-refractivity contribution >= 4 is 22.5 Å². The van der Waals surface area contributed by atoms with Crippen molar-refractivity contribution in [3.63, 3.8) is 0 Å². The summed E-state index contributed by atoms with van der Waals surface area (Å²) in [4.78, 5) is 14.4. The SMILES string of the molecule is NC(=O)CC1=NNCc2[nH]c3ccccc3c21. The van der Waals surface area contributed by atoms with Crippen LogP contribution in [0.15, 0.2) is 29.4 Å². The average Bonchev–Trinajstić information content (AvgIpc) is 2.67. The van der Waals surface area contributed by atoms with Gasteiger partial charge in [-0.05, 0) is 6.07 Å². The lowest BCUT2D eigenvalue weighted by molar-refractivity contribution is -0.116. The van der Waals surface area contributed by atoms with Crippen LogP contribution in [0.4, 0.5) is 0 Å². The number of carbonyl (C=O) groups excluding carboxylic acids is 1. The largest absolute Gasteiger partial charge is 0.369 e. The Labute approximate surface area is 97.7 Å². The maximum atomic E-state index is 11.0. The van der Waals surface area contributed by atoms with Gasteiger partial charge in [0, 0.05) is 22.2 Å². The first-order chi connectivity index (χ1) is 8.25. The number of hydrogen-bond donors (Lipinski definition) is 3. The number of aromatic amines is 1. The van der Waals surface area contributed by atoms with Crippen molar-refractivity contribution in [2.75, 3.05) is 0 Å². The Bertz CT molecular complexity index is 626. The molecule has 1 aliphatic heterocycles. The van der Waals surface area contributed by atoms with E-state index in [9.17, 15) is 4.79 Å². The monoisotopic (exact) mass is 228 g/mol. The number of aromatic nitrogens is 1. The highest BCUT2D eigenvalue weighted by Crippen LogP contribution is 2.25. The van der Waals surface area contributed by atoms with Crippen LogP contribution in [0.1, 0.15) is 17.7 Å². The van der Waals surface area contributed by atoms with Crippen LogP contribution in [0.5, 0.6) is 0 Å². The van der Waals surface area contributed by atoms with Crippen LogP contribution >= 0.6 is 0 Å². The number of benzene rings is 1. The van der Waals surface area contributed by atoms with Gasteiger partial charge in [0.2, 0.25) is 5.91 Å². The molecule has 1 aromatic carbocycles. The zero-order valence-electron chi connectivity index (χ0n) is 9.16. The topological polar surface area (TPSA) is 83.3 Å². The molecule has 1 aliphatic rings. The summed E-state index contributed by atoms with van der Waals surface area (Å²) in [6.45, 7) is 0.645. The van der Waals surface area contributed by atoms with Gasteiger partial charge in [0.15, 0.2) is 0 Å². The summed E-state index contributed by atoms with van der Waals surface area (Å²) in [6, 6.07) is 7.98. The van der Waals surface area contributed by atoms with E-state index >= 15 is 0 Å². The Balaban J connectivity index is 2.20. The van der Waals surface area contributed by atoms with E-state index in [2.05, 4.69) is 15.5 Å². The third-order valence-corrected chi connectivity index (χ3v) is 2.88. The number of nitrogens with two attached hydrogens (primary N) is 1. The number of nitrogens with zero attached hydrogens (tertiary/aromatic N) is 1. The first kappa shape index (κ1) is 9.89. The summed E-state index contributed by atoms with van der Waals surface area (Å²) >= 11 is 0. The normalized spacial score (nSPS) is 14.0. The summed E-state index contributed by atoms with van der Waals surface area (Å²) in [5.74, 6) is -0.372. The number of para-hydroxylation sites is 1. The minimum Gasteiger partial charge on any atom is -0.369 e. The molecule has 3 rings (SSSR count). The summed E-state index contributed by atoms with van der Waals surface area (Å²) in [5, 5.41) is 5.27. The maximum absolute atomic E-state index is 11.0. The fourth-order valence-electron chi connectivity index (χ4n) is 2.22. The molecule has 0 unspecified atom stereocenters. The molecule has 1 aromatic heterocycles. The van der Waals surface area contributed by atoms with E-state index in [-0.39, 0.29) is 12.3 Å². The second-order valence-electron chi connectivity index (χ2n) is 4.06. The Kier molecular flexibility index (Phi) is 2.11. The first-order valence-electron chi connectivity index (χ1n) is 5.43. The van der Waals surface area contributed by atoms with Crippen molar-refractivity contribution in [3.8, 4) is 0 Å². The number of primary amides is 1. The lowest BCUT2D eigenvalue weighted by Gasteiger charge is -2.13. The van der Waals surface area contributed by atoms with Crippen LogP contribution in [-0.4, -0.2) is 16.6 Å². The third kappa shape index (κ3) is 1.56. The van der Waals surface area contributed by atoms with Crippen molar-refractivity contribution in [2.45, 2.75) is 13.0 Å². The van der Waals surface area contributed by atoms with Crippen LogP contribution in [0.3, 0.4) is 0 Å². The fourth-order valence-corrected chi connectivity index (χ4v) is 2.22. The number of hydrazone groups is 1. The third-order valence-electron chi connectivity index (χ3n) is 2.88. The van der Waals surface area contributed by atoms with Crippen molar-refractivity contribution in [3.05, 3.63) is 35.5 Å². The Hall–Kier alpha value is -2.30. The van der Waals surface area contributed by atoms with Gasteiger partial charge in [-0.15, -0.1) is 0 Å². The van der Waals surface area contributed by atoms with Gasteiger partial charge in [0.25, 0.3) is 0 Å². The predicted octanol–water partition coefficient (Wildman–Crippen LogP) is 0.851. The van der Waals surface area contributed by atoms with Crippen LogP contribution in [-0.2, 0) is 11.3 Å². The molecule has 0 radical (unpaired) electrons. The van der Waals surface area contributed by atoms with Gasteiger partial charge in [0.05, 0.1) is 18.7 Å². The van der Waals surface area contributed by atoms with Crippen molar-refractivity contribution in [1.82, 2.24) is 10.4 Å². The molecule has 5 heteroatoms. The number of H-pyrrole nitrogens is 1. The molecule has 0 saturated heterocycles. The highest BCUT2D eigenvalue weighted by Gasteiger charge is 2.20. The predicted molar refractivity (Wildman–Crippen MR) is 65.5 cm³/mol. The summed E-state index contributed by atoms with van der Waals surface area (Å²) < 4.78 is 0. The molecule has 4 N–H and O–H groups in total. The molecule has 17 heavy (non-hydrogen) atoms. The van der Waals surface area contributed by atoms with Crippen molar-refractivity contribution in [1.29, 1.82) is 0 Å². The van der Waals surface area contributed by atoms with Crippen molar-refractivity contribution in [2.24, 2.45) is 10.8 Å². The highest BCUT2D eigenvalue weighted by atomic mass is 16.1. The fraction of sp³-hybridized carbons (Fsp3) is 0.167. The number of rotatable bonds is 2. The smallest absolute Gasteiger partial charge is 0.223 e. The van der Waals surface area contributed by atoms with E-state index in [0.29, 0.717) is 12.3 Å². The summed E-state index contributed by atoms with van der Waals surface area (Å²) in [7, 11) is 0. The molecule has 86 valence electrons. The Morgan fingerprint density at radius 1 is 1.41 bits per heavy atom. The quantitative estimate of drug-likeness (QED) is 0.712. The van der Waals surface area contributed by atoms with Crippen LogP contribution in [0.25, 0.3) is 10.9 Å². The van der Waals surface area contributed by atoms with Gasteiger partial charge < -0.3 is 16.1 Å². The lowest BCUT2D eigenvalue weighted by Crippen LogP contribution is -2.24. The molecule has 2 aromatic rings. The van der Waals surface area contributed by atoms with Gasteiger partial charge >= 0.3 is 0 Å². The molecule has 0 saturated carbocycles. The number of amides is 1. The summed E-state index contributed by atoms with van der Waals surface area (Å²) in [5.41, 5.74) is 12.0. The van der Waals surface area contributed by atoms with Gasteiger partial charge in [-0.1, -0.05) is 18.2 Å². The van der Waals surface area contributed by atoms with Gasteiger partial charge in [-0.3, -0.25) is 4.79 Å². The molecule has 0 atom stereocenters. The molecular weight excluding hydrogens is 216 g/mol. The number of carbonyl (C=O) groups is 1. The maximum Gasteiger partial charge on any atom is 0.223 e. The molecule has 5 nitrogen and oxygen atoms in total. The molecule has 2 heterocycles. The zero-order chi connectivity index (χ0) is 11.8. The van der Waals surface area contributed by atoms with Crippen LogP contribution < -0.4 is 11.2 Å². The number of nitrogens with one attached hydrogen (secondary N) is 2. The second-order valence-corrected chi connectivity index (χ2v) is 4.06.